The van der Waals surface area contributed by atoms with Gasteiger partial charge in [0.25, 0.3) is 0 Å². The smallest absolute Gasteiger partial charge is 0.313 e. The van der Waals surface area contributed by atoms with Crippen molar-refractivity contribution < 1.29 is 14.6 Å². The van der Waals surface area contributed by atoms with E-state index in [0.717, 1.165) is 28.9 Å². The Labute approximate surface area is 165 Å². The molecule has 0 saturated heterocycles. The zero-order chi connectivity index (χ0) is 19.2. The number of para-hydroxylation sites is 1. The number of benzene rings is 2. The maximum Gasteiger partial charge on any atom is 0.313 e. The Hall–Kier alpha value is -2.71. The number of halogens is 1. The molecular weight excluding hydrogens is 388 g/mol. The lowest BCUT2D eigenvalue weighted by atomic mass is 10.3. The average molecular weight is 405 g/mol. The van der Waals surface area contributed by atoms with Gasteiger partial charge in [-0.25, -0.2) is 0 Å². The van der Waals surface area contributed by atoms with Gasteiger partial charge in [-0.15, -0.1) is 10.2 Å². The second-order valence-electron chi connectivity index (χ2n) is 5.45. The Morgan fingerprint density at radius 2 is 1.96 bits per heavy atom. The molecule has 0 spiro atoms. The van der Waals surface area contributed by atoms with Crippen LogP contribution in [-0.2, 0) is 11.3 Å². The number of nitrogens with zero attached hydrogens (tertiary/aromatic N) is 3. The summed E-state index contributed by atoms with van der Waals surface area (Å²) in [6.45, 7) is 0.371. The van der Waals surface area contributed by atoms with E-state index in [-0.39, 0.29) is 5.75 Å². The van der Waals surface area contributed by atoms with Gasteiger partial charge in [-0.1, -0.05) is 35.5 Å². The van der Waals surface area contributed by atoms with Crippen LogP contribution in [0.5, 0.6) is 5.75 Å². The lowest BCUT2D eigenvalue weighted by Gasteiger charge is -2.12. The maximum atomic E-state index is 10.9. The molecule has 9 heteroatoms. The maximum absolute atomic E-state index is 10.9. The number of aromatic nitrogens is 3. The van der Waals surface area contributed by atoms with Crippen molar-refractivity contribution in [3.8, 4) is 11.4 Å². The summed E-state index contributed by atoms with van der Waals surface area (Å²) in [5, 5.41) is 21.7. The third kappa shape index (κ3) is 4.72. The molecule has 0 aliphatic rings. The largest absolute Gasteiger partial charge is 0.497 e. The molecule has 0 aliphatic heterocycles. The van der Waals surface area contributed by atoms with E-state index in [1.165, 1.54) is 0 Å². The Morgan fingerprint density at radius 1 is 1.22 bits per heavy atom. The minimum Gasteiger partial charge on any atom is -0.497 e. The summed E-state index contributed by atoms with van der Waals surface area (Å²) in [7, 11) is 1.60. The number of carbonyl (C=O) groups is 1. The summed E-state index contributed by atoms with van der Waals surface area (Å²) < 4.78 is 7.01. The number of carboxylic acids is 1. The fraction of sp³-hybridized carbons (Fsp3) is 0.167. The van der Waals surface area contributed by atoms with Crippen molar-refractivity contribution in [3.05, 3.63) is 59.4 Å². The number of hydrogen-bond acceptors (Lipinski definition) is 6. The van der Waals surface area contributed by atoms with E-state index in [1.54, 1.807) is 13.2 Å². The summed E-state index contributed by atoms with van der Waals surface area (Å²) in [5.41, 5.74) is 1.59. The molecule has 0 unspecified atom stereocenters. The van der Waals surface area contributed by atoms with Crippen molar-refractivity contribution in [1.82, 2.24) is 14.8 Å². The quantitative estimate of drug-likeness (QED) is 0.553. The molecule has 0 amide bonds. The van der Waals surface area contributed by atoms with Gasteiger partial charge >= 0.3 is 5.97 Å². The number of ether oxygens (including phenoxy) is 1. The predicted molar refractivity (Wildman–Crippen MR) is 105 cm³/mol. The molecule has 3 rings (SSSR count). The van der Waals surface area contributed by atoms with E-state index >= 15 is 0 Å². The highest BCUT2D eigenvalue weighted by molar-refractivity contribution is 7.99. The molecule has 7 nitrogen and oxygen atoms in total. The topological polar surface area (TPSA) is 89.3 Å². The molecular formula is C18H17ClN4O3S. The van der Waals surface area contributed by atoms with Crippen molar-refractivity contribution in [2.24, 2.45) is 0 Å². The van der Waals surface area contributed by atoms with Crippen LogP contribution < -0.4 is 10.1 Å². The Kier molecular flexibility index (Phi) is 6.20. The first-order valence-electron chi connectivity index (χ1n) is 8.00. The van der Waals surface area contributed by atoms with Gasteiger partial charge < -0.3 is 15.2 Å². The average Bonchev–Trinajstić information content (AvgIpc) is 3.08. The van der Waals surface area contributed by atoms with Crippen LogP contribution in [0.25, 0.3) is 5.69 Å². The number of nitrogens with one attached hydrogen (secondary N) is 1. The molecule has 0 radical (unpaired) electrons. The number of hydrogen-bond donors (Lipinski definition) is 2. The third-order valence-corrected chi connectivity index (χ3v) is 4.91. The number of rotatable bonds is 8. The van der Waals surface area contributed by atoms with E-state index in [4.69, 9.17) is 21.4 Å². The van der Waals surface area contributed by atoms with Crippen molar-refractivity contribution in [2.75, 3.05) is 18.2 Å². The standard InChI is InChI=1S/C18H17ClN4O3S/c1-26-13-8-6-12(7-9-13)23-16(21-22-18(23)27-11-17(24)25)10-20-15-5-3-2-4-14(15)19/h2-9,20H,10-11H2,1H3,(H,24,25). The van der Waals surface area contributed by atoms with Crippen LogP contribution >= 0.6 is 23.4 Å². The highest BCUT2D eigenvalue weighted by Crippen LogP contribution is 2.25. The first-order chi connectivity index (χ1) is 13.1. The van der Waals surface area contributed by atoms with E-state index in [0.29, 0.717) is 22.5 Å². The summed E-state index contributed by atoms with van der Waals surface area (Å²) in [5.74, 6) is 0.335. The molecule has 1 heterocycles. The van der Waals surface area contributed by atoms with Gasteiger partial charge in [0, 0.05) is 5.69 Å². The zero-order valence-electron chi connectivity index (χ0n) is 14.4. The normalized spacial score (nSPS) is 10.6. The van der Waals surface area contributed by atoms with Crippen LogP contribution in [0.4, 0.5) is 5.69 Å². The molecule has 2 N–H and O–H groups in total. The summed E-state index contributed by atoms with van der Waals surface area (Å²) >= 11 is 7.29. The van der Waals surface area contributed by atoms with Gasteiger partial charge in [0.05, 0.1) is 30.1 Å². The predicted octanol–water partition coefficient (Wildman–Crippen LogP) is 3.72. The summed E-state index contributed by atoms with van der Waals surface area (Å²) in [6.07, 6.45) is 0. The second-order valence-corrected chi connectivity index (χ2v) is 6.80. The van der Waals surface area contributed by atoms with Crippen molar-refractivity contribution >= 4 is 35.0 Å². The van der Waals surface area contributed by atoms with E-state index in [2.05, 4.69) is 15.5 Å². The zero-order valence-corrected chi connectivity index (χ0v) is 16.0. The molecule has 140 valence electrons. The molecule has 0 atom stereocenters. The van der Waals surface area contributed by atoms with E-state index in [9.17, 15) is 4.79 Å². The fourth-order valence-electron chi connectivity index (χ4n) is 2.40. The highest BCUT2D eigenvalue weighted by atomic mass is 35.5. The summed E-state index contributed by atoms with van der Waals surface area (Å²) in [4.78, 5) is 10.9. The lowest BCUT2D eigenvalue weighted by Crippen LogP contribution is -2.09. The molecule has 0 aliphatic carbocycles. The van der Waals surface area contributed by atoms with Crippen LogP contribution in [0.2, 0.25) is 5.02 Å². The summed E-state index contributed by atoms with van der Waals surface area (Å²) in [6, 6.07) is 14.8. The molecule has 1 aromatic heterocycles. The SMILES string of the molecule is COc1ccc(-n2c(CNc3ccccc3Cl)nnc2SCC(=O)O)cc1. The van der Waals surface area contributed by atoms with Crippen LogP contribution in [-0.4, -0.2) is 38.7 Å². The molecule has 0 fully saturated rings. The van der Waals surface area contributed by atoms with Gasteiger partial charge in [0.15, 0.2) is 11.0 Å². The molecule has 27 heavy (non-hydrogen) atoms. The number of carboxylic acid groups (broad SMARTS) is 1. The van der Waals surface area contributed by atoms with Gasteiger partial charge in [-0.2, -0.15) is 0 Å². The Morgan fingerprint density at radius 3 is 2.63 bits per heavy atom. The molecule has 0 bridgehead atoms. The van der Waals surface area contributed by atoms with Crippen molar-refractivity contribution in [2.45, 2.75) is 11.7 Å². The Balaban J connectivity index is 1.90. The van der Waals surface area contributed by atoms with Gasteiger partial charge in [-0.05, 0) is 36.4 Å². The minimum absolute atomic E-state index is 0.105. The van der Waals surface area contributed by atoms with E-state index < -0.39 is 5.97 Å². The van der Waals surface area contributed by atoms with Crippen molar-refractivity contribution in [3.63, 3.8) is 0 Å². The monoisotopic (exact) mass is 404 g/mol. The number of thioether (sulfide) groups is 1. The van der Waals surface area contributed by atoms with Gasteiger partial charge in [0.1, 0.15) is 5.75 Å². The Bertz CT molecular complexity index is 931. The first kappa shape index (κ1) is 19.1. The molecule has 2 aromatic carbocycles. The lowest BCUT2D eigenvalue weighted by molar-refractivity contribution is -0.133. The number of methoxy groups -OCH3 is 1. The van der Waals surface area contributed by atoms with Gasteiger partial charge in [0.2, 0.25) is 0 Å². The van der Waals surface area contributed by atoms with Crippen LogP contribution in [0.15, 0.2) is 53.7 Å². The van der Waals surface area contributed by atoms with Crippen LogP contribution in [0, 0.1) is 0 Å². The minimum atomic E-state index is -0.917. The third-order valence-electron chi connectivity index (χ3n) is 3.67. The number of aliphatic carboxylic acids is 1. The molecule has 3 aromatic rings. The fourth-order valence-corrected chi connectivity index (χ4v) is 3.30. The van der Waals surface area contributed by atoms with Crippen molar-refractivity contribution in [1.29, 1.82) is 0 Å². The van der Waals surface area contributed by atoms with Crippen LogP contribution in [0.3, 0.4) is 0 Å². The van der Waals surface area contributed by atoms with Crippen LogP contribution in [0.1, 0.15) is 5.82 Å². The van der Waals surface area contributed by atoms with E-state index in [1.807, 2.05) is 47.0 Å². The van der Waals surface area contributed by atoms with Gasteiger partial charge in [-0.3, -0.25) is 9.36 Å². The number of anilines is 1. The second kappa shape index (κ2) is 8.79. The molecule has 0 saturated carbocycles. The first-order valence-corrected chi connectivity index (χ1v) is 9.36. The highest BCUT2D eigenvalue weighted by Gasteiger charge is 2.16.